The van der Waals surface area contributed by atoms with E-state index in [-0.39, 0.29) is 0 Å². The van der Waals surface area contributed by atoms with Crippen LogP contribution in [0.2, 0.25) is 0 Å². The number of hydrogen-bond acceptors (Lipinski definition) is 2. The molecule has 0 heterocycles. The van der Waals surface area contributed by atoms with Gasteiger partial charge in [0.15, 0.2) is 0 Å². The Morgan fingerprint density at radius 1 is 1.82 bits per heavy atom. The average Bonchev–Trinajstić information content (AvgIpc) is 1.88. The molecular formula is C7H14NO2P. The molecule has 11 heavy (non-hydrogen) atoms. The second-order valence-electron chi connectivity index (χ2n) is 2.96. The second-order valence-corrected chi connectivity index (χ2v) is 3.30. The first-order valence-electron chi connectivity index (χ1n) is 3.28. The lowest BCUT2D eigenvalue weighted by atomic mass is 9.85. The minimum Gasteiger partial charge on any atom is -0.480 e. The molecule has 3 nitrogen and oxygen atoms in total. The van der Waals surface area contributed by atoms with Crippen LogP contribution in [0.5, 0.6) is 0 Å². The van der Waals surface area contributed by atoms with Gasteiger partial charge in [0.05, 0.1) is 0 Å². The van der Waals surface area contributed by atoms with Gasteiger partial charge in [0, 0.05) is 5.41 Å². The Balaban J connectivity index is 4.48. The minimum atomic E-state index is -0.870. The van der Waals surface area contributed by atoms with Crippen LogP contribution in [0.1, 0.15) is 13.8 Å². The van der Waals surface area contributed by atoms with Crippen molar-refractivity contribution in [3.05, 3.63) is 12.7 Å². The Morgan fingerprint density at radius 2 is 2.27 bits per heavy atom. The molecule has 2 N–H and O–H groups in total. The molecule has 0 rings (SSSR count). The maximum atomic E-state index is 10.6. The van der Waals surface area contributed by atoms with Crippen molar-refractivity contribution in [1.29, 1.82) is 0 Å². The van der Waals surface area contributed by atoms with Gasteiger partial charge >= 0.3 is 5.97 Å². The number of carboxylic acids is 1. The molecule has 2 atom stereocenters. The van der Waals surface area contributed by atoms with Gasteiger partial charge in [-0.25, -0.2) is 0 Å². The quantitative estimate of drug-likeness (QED) is 0.495. The first-order chi connectivity index (χ1) is 4.95. The summed E-state index contributed by atoms with van der Waals surface area (Å²) in [6, 6.07) is -0.606. The van der Waals surface area contributed by atoms with Crippen LogP contribution < -0.4 is 5.09 Å². The normalized spacial score (nSPS) is 14.1. The summed E-state index contributed by atoms with van der Waals surface area (Å²) in [5, 5.41) is 11.4. The maximum Gasteiger partial charge on any atom is 0.321 e. The SMILES string of the molecule is C=CC(C)(C)[C@H](NP)C(=O)O. The van der Waals surface area contributed by atoms with Crippen LogP contribution >= 0.6 is 9.39 Å². The van der Waals surface area contributed by atoms with E-state index in [1.807, 2.05) is 13.8 Å². The molecule has 0 saturated carbocycles. The van der Waals surface area contributed by atoms with Crippen LogP contribution in [0.4, 0.5) is 0 Å². The monoisotopic (exact) mass is 175 g/mol. The van der Waals surface area contributed by atoms with Gasteiger partial charge in [-0.05, 0) is 0 Å². The highest BCUT2D eigenvalue weighted by Crippen LogP contribution is 2.22. The van der Waals surface area contributed by atoms with Crippen molar-refractivity contribution >= 4 is 15.4 Å². The summed E-state index contributed by atoms with van der Waals surface area (Å²) in [7, 11) is 2.20. The summed E-state index contributed by atoms with van der Waals surface area (Å²) >= 11 is 0. The first-order valence-corrected chi connectivity index (χ1v) is 3.86. The Hall–Kier alpha value is -0.400. The first kappa shape index (κ1) is 10.6. The highest BCUT2D eigenvalue weighted by Gasteiger charge is 2.30. The third-order valence-electron chi connectivity index (χ3n) is 1.68. The predicted octanol–water partition coefficient (Wildman–Crippen LogP) is 1.03. The summed E-state index contributed by atoms with van der Waals surface area (Å²) < 4.78 is 0. The van der Waals surface area contributed by atoms with Gasteiger partial charge in [-0.3, -0.25) is 9.88 Å². The third-order valence-corrected chi connectivity index (χ3v) is 2.02. The molecule has 0 radical (unpaired) electrons. The van der Waals surface area contributed by atoms with E-state index in [0.717, 1.165) is 0 Å². The van der Waals surface area contributed by atoms with Crippen LogP contribution in [-0.2, 0) is 4.79 Å². The van der Waals surface area contributed by atoms with Gasteiger partial charge in [-0.15, -0.1) is 6.58 Å². The summed E-state index contributed by atoms with van der Waals surface area (Å²) in [5.74, 6) is -0.870. The van der Waals surface area contributed by atoms with Crippen LogP contribution in [0, 0.1) is 5.41 Å². The van der Waals surface area contributed by atoms with E-state index in [9.17, 15) is 4.79 Å². The Morgan fingerprint density at radius 3 is 2.36 bits per heavy atom. The van der Waals surface area contributed by atoms with Gasteiger partial charge in [0.1, 0.15) is 6.04 Å². The number of rotatable bonds is 4. The van der Waals surface area contributed by atoms with E-state index in [4.69, 9.17) is 5.11 Å². The number of carbonyl (C=O) groups is 1. The zero-order valence-corrected chi connectivity index (χ0v) is 7.95. The molecule has 1 unspecified atom stereocenters. The van der Waals surface area contributed by atoms with Crippen LogP contribution in [0.25, 0.3) is 0 Å². The largest absolute Gasteiger partial charge is 0.480 e. The molecular weight excluding hydrogens is 161 g/mol. The van der Waals surface area contributed by atoms with E-state index in [2.05, 4.69) is 21.1 Å². The molecule has 0 aromatic carbocycles. The average molecular weight is 175 g/mol. The molecule has 0 aliphatic rings. The van der Waals surface area contributed by atoms with E-state index in [0.29, 0.717) is 0 Å². The Bertz CT molecular complexity index is 168. The lowest BCUT2D eigenvalue weighted by Gasteiger charge is -2.26. The third kappa shape index (κ3) is 2.60. The smallest absolute Gasteiger partial charge is 0.321 e. The molecule has 4 heteroatoms. The lowest BCUT2D eigenvalue weighted by molar-refractivity contribution is -0.141. The fraction of sp³-hybridized carbons (Fsp3) is 0.571. The summed E-state index contributed by atoms with van der Waals surface area (Å²) in [4.78, 5) is 10.6. The molecule has 0 aliphatic heterocycles. The van der Waals surface area contributed by atoms with E-state index in [1.54, 1.807) is 6.08 Å². The molecule has 0 spiro atoms. The summed E-state index contributed by atoms with van der Waals surface area (Å²) in [5.41, 5.74) is -0.437. The second kappa shape index (κ2) is 3.84. The zero-order valence-electron chi connectivity index (χ0n) is 6.79. The molecule has 0 amide bonds. The number of nitrogens with one attached hydrogen (secondary N) is 1. The maximum absolute atomic E-state index is 10.6. The molecule has 0 aromatic heterocycles. The fourth-order valence-corrected chi connectivity index (χ4v) is 1.29. The number of carboxylic acid groups (broad SMARTS) is 1. The zero-order chi connectivity index (χ0) is 9.07. The van der Waals surface area contributed by atoms with Gasteiger partial charge in [-0.2, -0.15) is 0 Å². The van der Waals surface area contributed by atoms with Gasteiger partial charge in [0.2, 0.25) is 0 Å². The van der Waals surface area contributed by atoms with Crippen molar-refractivity contribution in [2.24, 2.45) is 5.41 Å². The van der Waals surface area contributed by atoms with Crippen molar-refractivity contribution in [2.75, 3.05) is 0 Å². The van der Waals surface area contributed by atoms with Gasteiger partial charge < -0.3 is 5.11 Å². The van der Waals surface area contributed by atoms with E-state index >= 15 is 0 Å². The summed E-state index contributed by atoms with van der Waals surface area (Å²) in [6.07, 6.45) is 1.63. The molecule has 0 saturated heterocycles. The Kier molecular flexibility index (Phi) is 3.70. The summed E-state index contributed by atoms with van der Waals surface area (Å²) in [6.45, 7) is 7.20. The topological polar surface area (TPSA) is 49.3 Å². The van der Waals surface area contributed by atoms with Crippen molar-refractivity contribution in [1.82, 2.24) is 5.09 Å². The molecule has 0 bridgehead atoms. The lowest BCUT2D eigenvalue weighted by Crippen LogP contribution is -2.42. The van der Waals surface area contributed by atoms with Crippen molar-refractivity contribution in [2.45, 2.75) is 19.9 Å². The van der Waals surface area contributed by atoms with E-state index < -0.39 is 17.4 Å². The van der Waals surface area contributed by atoms with Gasteiger partial charge in [0.25, 0.3) is 0 Å². The van der Waals surface area contributed by atoms with Gasteiger partial charge in [-0.1, -0.05) is 29.3 Å². The highest BCUT2D eigenvalue weighted by molar-refractivity contribution is 7.13. The molecule has 0 aromatic rings. The molecule has 0 fully saturated rings. The Labute approximate surface area is 69.1 Å². The standard InChI is InChI=1S/C7H14NO2P/c1-4-7(2,3)5(8-11)6(9)10/h4-5,8H,1,11H2,2-3H3,(H,9,10)/t5-/m1/s1. The molecule has 0 aliphatic carbocycles. The van der Waals surface area contributed by atoms with Crippen LogP contribution in [0.15, 0.2) is 12.7 Å². The molecule has 64 valence electrons. The highest BCUT2D eigenvalue weighted by atomic mass is 31.0. The number of hydrogen-bond donors (Lipinski definition) is 2. The fourth-order valence-electron chi connectivity index (χ4n) is 0.722. The van der Waals surface area contributed by atoms with Crippen LogP contribution in [-0.4, -0.2) is 17.1 Å². The predicted molar refractivity (Wildman–Crippen MR) is 48.2 cm³/mol. The van der Waals surface area contributed by atoms with Crippen molar-refractivity contribution < 1.29 is 9.90 Å². The van der Waals surface area contributed by atoms with Crippen LogP contribution in [0.3, 0.4) is 0 Å². The van der Waals surface area contributed by atoms with Crippen molar-refractivity contribution in [3.8, 4) is 0 Å². The minimum absolute atomic E-state index is 0.437. The number of aliphatic carboxylic acids is 1. The van der Waals surface area contributed by atoms with E-state index in [1.165, 1.54) is 0 Å². The van der Waals surface area contributed by atoms with Crippen molar-refractivity contribution in [3.63, 3.8) is 0 Å².